The second kappa shape index (κ2) is 5.57. The molecule has 4 rings (SSSR count). The summed E-state index contributed by atoms with van der Waals surface area (Å²) in [5.41, 5.74) is 0.793. The number of imide groups is 1. The molecule has 0 bridgehead atoms. The number of carbonyl (C=O) groups is 2. The number of phenolic OH excluding ortho intramolecular Hbond substituents is 2. The van der Waals surface area contributed by atoms with Crippen molar-refractivity contribution in [1.82, 2.24) is 5.01 Å². The number of phenols is 2. The van der Waals surface area contributed by atoms with E-state index in [0.717, 1.165) is 11.1 Å². The molecule has 1 aliphatic carbocycles. The second-order valence-electron chi connectivity index (χ2n) is 6.39. The Balaban J connectivity index is 2.01. The maximum Gasteiger partial charge on any atom is 0.271 e. The number of amides is 2. The summed E-state index contributed by atoms with van der Waals surface area (Å²) in [6.07, 6.45) is 5.19. The Morgan fingerprint density at radius 2 is 1.38 bits per heavy atom. The first-order valence-corrected chi connectivity index (χ1v) is 8.06. The van der Waals surface area contributed by atoms with E-state index >= 15 is 0 Å². The van der Waals surface area contributed by atoms with Crippen molar-refractivity contribution >= 4 is 11.8 Å². The van der Waals surface area contributed by atoms with Crippen LogP contribution in [0, 0.1) is 5.92 Å². The fraction of sp³-hybridized carbons (Fsp3) is 0.100. The summed E-state index contributed by atoms with van der Waals surface area (Å²) < 4.78 is 0. The third kappa shape index (κ3) is 2.09. The normalized spacial score (nSPS) is 20.9. The van der Waals surface area contributed by atoms with Crippen LogP contribution >= 0.6 is 0 Å². The average molecular weight is 348 g/mol. The maximum absolute atomic E-state index is 12.9. The Hall–Kier alpha value is -3.38. The summed E-state index contributed by atoms with van der Waals surface area (Å²) in [5, 5.41) is 20.0. The summed E-state index contributed by atoms with van der Waals surface area (Å²) in [5.74, 6) is 4.05. The lowest BCUT2D eigenvalue weighted by Gasteiger charge is -2.38. The van der Waals surface area contributed by atoms with Gasteiger partial charge in [-0.2, -0.15) is 0 Å². The van der Waals surface area contributed by atoms with Crippen molar-refractivity contribution in [2.45, 2.75) is 5.41 Å². The molecular formula is C20H16N2O4. The van der Waals surface area contributed by atoms with Crippen LogP contribution in [-0.2, 0) is 15.0 Å². The number of aromatic hydroxyl groups is 2. The number of rotatable bonds is 2. The monoisotopic (exact) mass is 348 g/mol. The zero-order valence-corrected chi connectivity index (χ0v) is 13.7. The van der Waals surface area contributed by atoms with Crippen LogP contribution in [0.5, 0.6) is 11.5 Å². The number of allylic oxidation sites excluding steroid dienone is 3. The molecule has 2 amide bonds. The highest BCUT2D eigenvalue weighted by Gasteiger charge is 2.55. The molecule has 1 saturated heterocycles. The van der Waals surface area contributed by atoms with Gasteiger partial charge < -0.3 is 10.2 Å². The second-order valence-corrected chi connectivity index (χ2v) is 6.39. The third-order valence-corrected chi connectivity index (χ3v) is 5.04. The van der Waals surface area contributed by atoms with Crippen LogP contribution in [0.1, 0.15) is 11.1 Å². The largest absolute Gasteiger partial charge is 0.508 e. The molecule has 1 heterocycles. The number of nitrogens with two attached hydrogens (primary N) is 1. The Labute approximate surface area is 149 Å². The van der Waals surface area contributed by atoms with Crippen LogP contribution in [0.15, 0.2) is 72.3 Å². The molecule has 130 valence electrons. The van der Waals surface area contributed by atoms with Gasteiger partial charge in [-0.25, -0.2) is 10.9 Å². The van der Waals surface area contributed by atoms with Crippen LogP contribution < -0.4 is 5.84 Å². The number of carbonyl (C=O) groups excluding carboxylic acids is 2. The fourth-order valence-corrected chi connectivity index (χ4v) is 3.81. The van der Waals surface area contributed by atoms with Crippen molar-refractivity contribution in [3.05, 3.63) is 83.5 Å². The molecule has 1 atom stereocenters. The molecule has 0 spiro atoms. The van der Waals surface area contributed by atoms with Crippen LogP contribution in [0.25, 0.3) is 0 Å². The van der Waals surface area contributed by atoms with Crippen molar-refractivity contribution in [2.75, 3.05) is 0 Å². The van der Waals surface area contributed by atoms with Crippen LogP contribution in [0.2, 0.25) is 0 Å². The molecule has 2 aliphatic rings. The van der Waals surface area contributed by atoms with Gasteiger partial charge in [0.05, 0.1) is 11.3 Å². The quantitative estimate of drug-likeness (QED) is 0.436. The number of nitrogens with zero attached hydrogens (tertiary/aromatic N) is 1. The standard InChI is InChI=1S/C20H16N2O4/c21-22-18(25)16-2-1-11-20(17(16)19(22)26,12-3-7-14(23)8-4-12)13-5-9-15(24)10-6-13/h1-11,17,23-24H,21H2. The summed E-state index contributed by atoms with van der Waals surface area (Å²) in [6.45, 7) is 0. The van der Waals surface area contributed by atoms with E-state index in [1.807, 2.05) is 6.08 Å². The Kier molecular flexibility index (Phi) is 3.45. The minimum absolute atomic E-state index is 0.0967. The molecule has 2 aromatic rings. The Morgan fingerprint density at radius 1 is 0.885 bits per heavy atom. The van der Waals surface area contributed by atoms with Crippen molar-refractivity contribution < 1.29 is 19.8 Å². The maximum atomic E-state index is 12.9. The molecule has 4 N–H and O–H groups in total. The highest BCUT2D eigenvalue weighted by molar-refractivity contribution is 6.16. The van der Waals surface area contributed by atoms with Crippen molar-refractivity contribution in [1.29, 1.82) is 0 Å². The zero-order chi connectivity index (χ0) is 18.5. The molecule has 0 aromatic heterocycles. The summed E-state index contributed by atoms with van der Waals surface area (Å²) in [7, 11) is 0. The van der Waals surface area contributed by atoms with E-state index in [2.05, 4.69) is 0 Å². The SMILES string of the molecule is NN1C(=O)C2=CC=CC(c3ccc(O)cc3)(c3ccc(O)cc3)C2C1=O. The summed E-state index contributed by atoms with van der Waals surface area (Å²) in [4.78, 5) is 25.3. The van der Waals surface area contributed by atoms with Crippen molar-refractivity contribution in [3.8, 4) is 11.5 Å². The minimum atomic E-state index is -0.980. The lowest BCUT2D eigenvalue weighted by molar-refractivity contribution is -0.139. The number of hydrogen-bond acceptors (Lipinski definition) is 5. The van der Waals surface area contributed by atoms with Gasteiger partial charge in [-0.05, 0) is 35.4 Å². The van der Waals surface area contributed by atoms with Crippen molar-refractivity contribution in [2.24, 2.45) is 11.8 Å². The van der Waals surface area contributed by atoms with Gasteiger partial charge in [-0.1, -0.05) is 42.5 Å². The molecule has 0 radical (unpaired) electrons. The molecular weight excluding hydrogens is 332 g/mol. The van der Waals surface area contributed by atoms with Gasteiger partial charge >= 0.3 is 0 Å². The molecule has 6 nitrogen and oxygen atoms in total. The fourth-order valence-electron chi connectivity index (χ4n) is 3.81. The van der Waals surface area contributed by atoms with Crippen LogP contribution in [0.4, 0.5) is 0 Å². The minimum Gasteiger partial charge on any atom is -0.508 e. The predicted octanol–water partition coefficient (Wildman–Crippen LogP) is 1.74. The molecule has 1 aliphatic heterocycles. The first-order chi connectivity index (χ1) is 12.4. The van der Waals surface area contributed by atoms with Gasteiger partial charge in [-0.3, -0.25) is 9.59 Å². The van der Waals surface area contributed by atoms with Gasteiger partial charge in [0.25, 0.3) is 11.8 Å². The Bertz CT molecular complexity index is 913. The highest BCUT2D eigenvalue weighted by atomic mass is 16.3. The lowest BCUT2D eigenvalue weighted by Crippen LogP contribution is -2.43. The molecule has 1 unspecified atom stereocenters. The number of hydrogen-bond donors (Lipinski definition) is 3. The predicted molar refractivity (Wildman–Crippen MR) is 93.7 cm³/mol. The number of hydrazine groups is 1. The van der Waals surface area contributed by atoms with E-state index in [0.29, 0.717) is 10.6 Å². The molecule has 0 saturated carbocycles. The van der Waals surface area contributed by atoms with E-state index in [4.69, 9.17) is 5.84 Å². The first kappa shape index (κ1) is 16.1. The van der Waals surface area contributed by atoms with Gasteiger partial charge in [0.15, 0.2) is 0 Å². The molecule has 1 fully saturated rings. The zero-order valence-electron chi connectivity index (χ0n) is 13.7. The topological polar surface area (TPSA) is 104 Å². The van der Waals surface area contributed by atoms with Crippen molar-refractivity contribution in [3.63, 3.8) is 0 Å². The van der Waals surface area contributed by atoms with Gasteiger partial charge in [0, 0.05) is 5.57 Å². The smallest absolute Gasteiger partial charge is 0.271 e. The lowest BCUT2D eigenvalue weighted by atomic mass is 9.62. The first-order valence-electron chi connectivity index (χ1n) is 8.06. The van der Waals surface area contributed by atoms with Crippen LogP contribution in [-0.4, -0.2) is 27.0 Å². The van der Waals surface area contributed by atoms with Crippen LogP contribution in [0.3, 0.4) is 0 Å². The molecule has 2 aromatic carbocycles. The van der Waals surface area contributed by atoms with Gasteiger partial charge in [0.1, 0.15) is 11.5 Å². The average Bonchev–Trinajstić information content (AvgIpc) is 2.87. The van der Waals surface area contributed by atoms with Gasteiger partial charge in [0.2, 0.25) is 0 Å². The van der Waals surface area contributed by atoms with E-state index in [1.54, 1.807) is 36.4 Å². The van der Waals surface area contributed by atoms with Gasteiger partial charge in [-0.15, -0.1) is 0 Å². The van der Waals surface area contributed by atoms with E-state index in [-0.39, 0.29) is 11.5 Å². The highest BCUT2D eigenvalue weighted by Crippen LogP contribution is 2.49. The molecule has 26 heavy (non-hydrogen) atoms. The van der Waals surface area contributed by atoms with E-state index < -0.39 is 23.1 Å². The number of benzene rings is 2. The Morgan fingerprint density at radius 3 is 1.88 bits per heavy atom. The third-order valence-electron chi connectivity index (χ3n) is 5.04. The molecule has 6 heteroatoms. The summed E-state index contributed by atoms with van der Waals surface area (Å²) in [6, 6.07) is 13.0. The van der Waals surface area contributed by atoms with E-state index in [1.165, 1.54) is 24.3 Å². The van der Waals surface area contributed by atoms with E-state index in [9.17, 15) is 19.8 Å². The number of fused-ring (bicyclic) bond motifs is 1. The summed E-state index contributed by atoms with van der Waals surface area (Å²) >= 11 is 0.